The van der Waals surface area contributed by atoms with E-state index in [9.17, 15) is 4.79 Å². The van der Waals surface area contributed by atoms with Gasteiger partial charge in [-0.1, -0.05) is 0 Å². The standard InChI is InChI=1S/C11H19N3O2S/c1-7(14(3)4)6-12-11-13-9(8(2)17-11)10(15)16-5/h7H,6H2,1-5H3,(H,12,13). The van der Waals surface area contributed by atoms with E-state index < -0.39 is 0 Å². The van der Waals surface area contributed by atoms with Gasteiger partial charge in [-0.15, -0.1) is 11.3 Å². The molecule has 1 aromatic rings. The van der Waals surface area contributed by atoms with Gasteiger partial charge in [0.05, 0.1) is 7.11 Å². The molecular weight excluding hydrogens is 238 g/mol. The summed E-state index contributed by atoms with van der Waals surface area (Å²) >= 11 is 1.47. The largest absolute Gasteiger partial charge is 0.464 e. The van der Waals surface area contributed by atoms with Gasteiger partial charge in [0.2, 0.25) is 0 Å². The summed E-state index contributed by atoms with van der Waals surface area (Å²) in [5.74, 6) is -0.382. The lowest BCUT2D eigenvalue weighted by Crippen LogP contribution is -2.31. The number of aryl methyl sites for hydroxylation is 1. The predicted octanol–water partition coefficient (Wildman–Crippen LogP) is 1.60. The Kier molecular flexibility index (Phi) is 4.89. The SMILES string of the molecule is COC(=O)c1nc(NCC(C)N(C)C)sc1C. The van der Waals surface area contributed by atoms with Crippen molar-refractivity contribution in [1.82, 2.24) is 9.88 Å². The topological polar surface area (TPSA) is 54.5 Å². The molecule has 1 rings (SSSR count). The van der Waals surface area contributed by atoms with Crippen LogP contribution < -0.4 is 5.32 Å². The molecule has 0 fully saturated rings. The van der Waals surface area contributed by atoms with Crippen molar-refractivity contribution in [2.24, 2.45) is 0 Å². The first-order chi connectivity index (χ1) is 7.95. The molecule has 0 amide bonds. The van der Waals surface area contributed by atoms with E-state index in [4.69, 9.17) is 0 Å². The molecule has 0 aromatic carbocycles. The Balaban J connectivity index is 2.65. The fourth-order valence-electron chi connectivity index (χ4n) is 1.18. The van der Waals surface area contributed by atoms with Crippen LogP contribution in [0.3, 0.4) is 0 Å². The second-order valence-corrected chi connectivity index (χ2v) is 5.31. The number of anilines is 1. The number of hydrogen-bond acceptors (Lipinski definition) is 6. The molecule has 0 saturated carbocycles. The van der Waals surface area contributed by atoms with E-state index in [1.54, 1.807) is 0 Å². The van der Waals surface area contributed by atoms with Crippen LogP contribution >= 0.6 is 11.3 Å². The Morgan fingerprint density at radius 3 is 2.76 bits per heavy atom. The maximum absolute atomic E-state index is 11.4. The summed E-state index contributed by atoms with van der Waals surface area (Å²) in [5, 5.41) is 3.98. The van der Waals surface area contributed by atoms with E-state index in [0.717, 1.165) is 16.6 Å². The maximum atomic E-state index is 11.4. The van der Waals surface area contributed by atoms with Crippen molar-refractivity contribution in [3.05, 3.63) is 10.6 Å². The Hall–Kier alpha value is -1.14. The molecule has 17 heavy (non-hydrogen) atoms. The second-order valence-electron chi connectivity index (χ2n) is 4.11. The summed E-state index contributed by atoms with van der Waals surface area (Å²) in [4.78, 5) is 18.6. The number of likely N-dealkylation sites (N-methyl/N-ethyl adjacent to an activating group) is 1. The number of carbonyl (C=O) groups is 1. The number of nitrogens with zero attached hydrogens (tertiary/aromatic N) is 2. The molecule has 0 aliphatic heterocycles. The number of ether oxygens (including phenoxy) is 1. The number of rotatable bonds is 5. The molecule has 0 radical (unpaired) electrons. The van der Waals surface area contributed by atoms with Crippen molar-refractivity contribution in [3.63, 3.8) is 0 Å². The first-order valence-electron chi connectivity index (χ1n) is 5.41. The number of nitrogens with one attached hydrogen (secondary N) is 1. The summed E-state index contributed by atoms with van der Waals surface area (Å²) in [6.45, 7) is 4.78. The highest BCUT2D eigenvalue weighted by molar-refractivity contribution is 7.15. The second kappa shape index (κ2) is 5.97. The average molecular weight is 257 g/mol. The first kappa shape index (κ1) is 13.9. The van der Waals surface area contributed by atoms with Gasteiger partial charge < -0.3 is 15.0 Å². The zero-order chi connectivity index (χ0) is 13.0. The summed E-state index contributed by atoms with van der Waals surface area (Å²) in [5.41, 5.74) is 0.400. The van der Waals surface area contributed by atoms with Crippen molar-refractivity contribution >= 4 is 22.4 Å². The third-order valence-electron chi connectivity index (χ3n) is 2.61. The fraction of sp³-hybridized carbons (Fsp3) is 0.636. The Morgan fingerprint density at radius 1 is 1.59 bits per heavy atom. The Labute approximate surface area is 106 Å². The summed E-state index contributed by atoms with van der Waals surface area (Å²) in [7, 11) is 5.42. The van der Waals surface area contributed by atoms with Gasteiger partial charge in [-0.25, -0.2) is 9.78 Å². The highest BCUT2D eigenvalue weighted by Crippen LogP contribution is 2.22. The van der Waals surface area contributed by atoms with Gasteiger partial charge in [-0.3, -0.25) is 0 Å². The van der Waals surface area contributed by atoms with Crippen LogP contribution in [0.25, 0.3) is 0 Å². The van der Waals surface area contributed by atoms with Crippen LogP contribution in [0.5, 0.6) is 0 Å². The van der Waals surface area contributed by atoms with Crippen LogP contribution in [0.1, 0.15) is 22.3 Å². The van der Waals surface area contributed by atoms with Crippen molar-refractivity contribution < 1.29 is 9.53 Å². The number of esters is 1. The van der Waals surface area contributed by atoms with Crippen molar-refractivity contribution in [2.45, 2.75) is 19.9 Å². The normalized spacial score (nSPS) is 12.6. The number of thiazole rings is 1. The molecule has 1 atom stereocenters. The maximum Gasteiger partial charge on any atom is 0.357 e. The molecule has 1 unspecified atom stereocenters. The number of hydrogen-bond donors (Lipinski definition) is 1. The highest BCUT2D eigenvalue weighted by atomic mass is 32.1. The van der Waals surface area contributed by atoms with E-state index >= 15 is 0 Å². The summed E-state index contributed by atoms with van der Waals surface area (Å²) in [6.07, 6.45) is 0. The molecule has 1 N–H and O–H groups in total. The van der Waals surface area contributed by atoms with Gasteiger partial charge in [0.15, 0.2) is 10.8 Å². The third kappa shape index (κ3) is 3.67. The molecule has 1 heterocycles. The molecular formula is C11H19N3O2S. The predicted molar refractivity (Wildman–Crippen MR) is 69.8 cm³/mol. The zero-order valence-electron chi connectivity index (χ0n) is 10.9. The van der Waals surface area contributed by atoms with E-state index in [-0.39, 0.29) is 5.97 Å². The minimum absolute atomic E-state index is 0.382. The molecule has 0 aliphatic carbocycles. The molecule has 6 heteroatoms. The van der Waals surface area contributed by atoms with Crippen LogP contribution in [0, 0.1) is 6.92 Å². The van der Waals surface area contributed by atoms with Gasteiger partial charge in [0, 0.05) is 17.5 Å². The van der Waals surface area contributed by atoms with Gasteiger partial charge in [0.1, 0.15) is 0 Å². The molecule has 0 bridgehead atoms. The fourth-order valence-corrected chi connectivity index (χ4v) is 1.98. The Morgan fingerprint density at radius 2 is 2.24 bits per heavy atom. The molecule has 0 spiro atoms. The van der Waals surface area contributed by atoms with Crippen molar-refractivity contribution in [1.29, 1.82) is 0 Å². The van der Waals surface area contributed by atoms with Crippen molar-refractivity contribution in [3.8, 4) is 0 Å². The molecule has 5 nitrogen and oxygen atoms in total. The number of carbonyl (C=O) groups excluding carboxylic acids is 1. The zero-order valence-corrected chi connectivity index (χ0v) is 11.7. The molecule has 96 valence electrons. The van der Waals surface area contributed by atoms with Crippen molar-refractivity contribution in [2.75, 3.05) is 33.1 Å². The third-order valence-corrected chi connectivity index (χ3v) is 3.53. The smallest absolute Gasteiger partial charge is 0.357 e. The Bertz CT molecular complexity index is 390. The van der Waals surface area contributed by atoms with E-state index in [1.165, 1.54) is 18.4 Å². The van der Waals surface area contributed by atoms with Gasteiger partial charge >= 0.3 is 5.97 Å². The lowest BCUT2D eigenvalue weighted by Gasteiger charge is -2.19. The molecule has 0 saturated heterocycles. The lowest BCUT2D eigenvalue weighted by molar-refractivity contribution is 0.0594. The number of aromatic nitrogens is 1. The molecule has 1 aromatic heterocycles. The van der Waals surface area contributed by atoms with Crippen LogP contribution in [0.4, 0.5) is 5.13 Å². The van der Waals surface area contributed by atoms with Crippen LogP contribution in [0.2, 0.25) is 0 Å². The minimum atomic E-state index is -0.382. The number of methoxy groups -OCH3 is 1. The quantitative estimate of drug-likeness (QED) is 0.812. The van der Waals surface area contributed by atoms with Gasteiger partial charge in [-0.2, -0.15) is 0 Å². The minimum Gasteiger partial charge on any atom is -0.464 e. The van der Waals surface area contributed by atoms with Crippen LogP contribution in [0.15, 0.2) is 0 Å². The van der Waals surface area contributed by atoms with Crippen LogP contribution in [-0.4, -0.2) is 49.6 Å². The van der Waals surface area contributed by atoms with E-state index in [0.29, 0.717) is 11.7 Å². The molecule has 0 aliphatic rings. The van der Waals surface area contributed by atoms with Gasteiger partial charge in [-0.05, 0) is 27.9 Å². The van der Waals surface area contributed by atoms with Gasteiger partial charge in [0.25, 0.3) is 0 Å². The lowest BCUT2D eigenvalue weighted by atomic mass is 10.3. The highest BCUT2D eigenvalue weighted by Gasteiger charge is 2.16. The first-order valence-corrected chi connectivity index (χ1v) is 6.23. The summed E-state index contributed by atoms with van der Waals surface area (Å²) < 4.78 is 4.66. The van der Waals surface area contributed by atoms with E-state index in [2.05, 4.69) is 26.9 Å². The summed E-state index contributed by atoms with van der Waals surface area (Å²) in [6, 6.07) is 0.404. The van der Waals surface area contributed by atoms with Crippen LogP contribution in [-0.2, 0) is 4.74 Å². The van der Waals surface area contributed by atoms with E-state index in [1.807, 2.05) is 21.0 Å². The monoisotopic (exact) mass is 257 g/mol. The average Bonchev–Trinajstić information content (AvgIpc) is 2.66.